The molecule has 2 heterocycles. The standard InChI is InChI=1S/C14H12ClN3O4S/c1-22-13(19)11-12(15)16-14(23-11)17-5-4-8-2-3-10(18(20)21)6-9(8)7-17/h2-3,6H,4-5,7H2,1H3. The van der Waals surface area contributed by atoms with Crippen molar-refractivity contribution in [2.75, 3.05) is 18.6 Å². The molecule has 0 saturated heterocycles. The van der Waals surface area contributed by atoms with Gasteiger partial charge in [0.2, 0.25) is 0 Å². The Labute approximate surface area is 140 Å². The van der Waals surface area contributed by atoms with Gasteiger partial charge in [-0.2, -0.15) is 0 Å². The van der Waals surface area contributed by atoms with Gasteiger partial charge in [-0.25, -0.2) is 9.78 Å². The van der Waals surface area contributed by atoms with E-state index >= 15 is 0 Å². The van der Waals surface area contributed by atoms with Gasteiger partial charge in [-0.3, -0.25) is 10.1 Å². The highest BCUT2D eigenvalue weighted by molar-refractivity contribution is 7.18. The van der Waals surface area contributed by atoms with Crippen LogP contribution in [-0.2, 0) is 17.7 Å². The van der Waals surface area contributed by atoms with E-state index in [9.17, 15) is 14.9 Å². The number of methoxy groups -OCH3 is 1. The molecule has 0 bridgehead atoms. The molecule has 0 saturated carbocycles. The number of nitro benzene ring substituents is 1. The maximum Gasteiger partial charge on any atom is 0.351 e. The number of benzene rings is 1. The molecule has 0 amide bonds. The van der Waals surface area contributed by atoms with Crippen LogP contribution >= 0.6 is 22.9 Å². The molecule has 9 heteroatoms. The smallest absolute Gasteiger partial charge is 0.351 e. The van der Waals surface area contributed by atoms with Crippen LogP contribution in [0.4, 0.5) is 10.8 Å². The number of non-ortho nitro benzene ring substituents is 1. The van der Waals surface area contributed by atoms with Gasteiger partial charge in [0, 0.05) is 25.2 Å². The first-order valence-electron chi connectivity index (χ1n) is 6.75. The lowest BCUT2D eigenvalue weighted by Gasteiger charge is -2.28. The summed E-state index contributed by atoms with van der Waals surface area (Å²) in [5.41, 5.74) is 2.04. The second-order valence-corrected chi connectivity index (χ2v) is 6.33. The van der Waals surface area contributed by atoms with E-state index in [0.717, 1.165) is 28.9 Å². The number of thiazole rings is 1. The molecule has 23 heavy (non-hydrogen) atoms. The van der Waals surface area contributed by atoms with Crippen molar-refractivity contribution < 1.29 is 14.5 Å². The van der Waals surface area contributed by atoms with Crippen LogP contribution < -0.4 is 4.90 Å². The summed E-state index contributed by atoms with van der Waals surface area (Å²) < 4.78 is 4.67. The molecule has 0 atom stereocenters. The van der Waals surface area contributed by atoms with Gasteiger partial charge >= 0.3 is 5.97 Å². The van der Waals surface area contributed by atoms with Crippen LogP contribution in [-0.4, -0.2) is 29.5 Å². The molecular formula is C14H12ClN3O4S. The second kappa shape index (κ2) is 6.13. The topological polar surface area (TPSA) is 85.6 Å². The van der Waals surface area contributed by atoms with E-state index in [-0.39, 0.29) is 15.7 Å². The third-order valence-electron chi connectivity index (χ3n) is 3.63. The van der Waals surface area contributed by atoms with Crippen molar-refractivity contribution in [3.8, 4) is 0 Å². The minimum absolute atomic E-state index is 0.0676. The Morgan fingerprint density at radius 3 is 2.96 bits per heavy atom. The van der Waals surface area contributed by atoms with Crippen molar-refractivity contribution in [1.29, 1.82) is 0 Å². The molecule has 3 rings (SSSR count). The Kier molecular flexibility index (Phi) is 4.18. The molecular weight excluding hydrogens is 342 g/mol. The minimum Gasteiger partial charge on any atom is -0.465 e. The maximum absolute atomic E-state index is 11.6. The molecule has 1 aromatic carbocycles. The Morgan fingerprint density at radius 1 is 1.48 bits per heavy atom. The number of hydrogen-bond acceptors (Lipinski definition) is 7. The molecule has 0 N–H and O–H groups in total. The van der Waals surface area contributed by atoms with Gasteiger partial charge in [0.1, 0.15) is 0 Å². The molecule has 120 valence electrons. The highest BCUT2D eigenvalue weighted by atomic mass is 35.5. The molecule has 0 aliphatic carbocycles. The number of ether oxygens (including phenoxy) is 1. The fraction of sp³-hybridized carbons (Fsp3) is 0.286. The summed E-state index contributed by atoms with van der Waals surface area (Å²) in [7, 11) is 1.29. The number of rotatable bonds is 3. The molecule has 0 fully saturated rings. The van der Waals surface area contributed by atoms with Crippen LogP contribution in [0.2, 0.25) is 5.15 Å². The zero-order valence-corrected chi connectivity index (χ0v) is 13.7. The Morgan fingerprint density at radius 2 is 2.26 bits per heavy atom. The number of carbonyl (C=O) groups excluding carboxylic acids is 1. The lowest BCUT2D eigenvalue weighted by atomic mass is 9.99. The van der Waals surface area contributed by atoms with Crippen LogP contribution in [0.25, 0.3) is 0 Å². The van der Waals surface area contributed by atoms with Crippen molar-refractivity contribution in [1.82, 2.24) is 4.98 Å². The molecule has 1 aliphatic rings. The largest absolute Gasteiger partial charge is 0.465 e. The van der Waals surface area contributed by atoms with E-state index in [1.165, 1.54) is 13.2 Å². The lowest BCUT2D eigenvalue weighted by Crippen LogP contribution is -2.30. The number of aromatic nitrogens is 1. The van der Waals surface area contributed by atoms with Crippen molar-refractivity contribution in [3.05, 3.63) is 49.5 Å². The predicted molar refractivity (Wildman–Crippen MR) is 86.3 cm³/mol. The van der Waals surface area contributed by atoms with Crippen LogP contribution in [0.3, 0.4) is 0 Å². The van der Waals surface area contributed by atoms with E-state index in [2.05, 4.69) is 9.72 Å². The van der Waals surface area contributed by atoms with Crippen LogP contribution in [0.5, 0.6) is 0 Å². The Bertz CT molecular complexity index is 792. The fourth-order valence-electron chi connectivity index (χ4n) is 2.47. The van der Waals surface area contributed by atoms with E-state index in [1.807, 2.05) is 4.90 Å². The van der Waals surface area contributed by atoms with Crippen LogP contribution in [0.15, 0.2) is 18.2 Å². The molecule has 0 spiro atoms. The van der Waals surface area contributed by atoms with E-state index in [4.69, 9.17) is 11.6 Å². The highest BCUT2D eigenvalue weighted by Gasteiger charge is 2.24. The average Bonchev–Trinajstić information content (AvgIpc) is 2.94. The quantitative estimate of drug-likeness (QED) is 0.479. The number of esters is 1. The summed E-state index contributed by atoms with van der Waals surface area (Å²) in [6.07, 6.45) is 0.748. The Balaban J connectivity index is 1.88. The summed E-state index contributed by atoms with van der Waals surface area (Å²) in [6.45, 7) is 1.19. The molecule has 1 aromatic heterocycles. The first-order valence-corrected chi connectivity index (χ1v) is 7.95. The van der Waals surface area contributed by atoms with Crippen molar-refractivity contribution in [3.63, 3.8) is 0 Å². The zero-order chi connectivity index (χ0) is 16.6. The monoisotopic (exact) mass is 353 g/mol. The van der Waals surface area contributed by atoms with Crippen LogP contribution in [0, 0.1) is 10.1 Å². The molecule has 0 unspecified atom stereocenters. The molecule has 2 aromatic rings. The van der Waals surface area contributed by atoms with Crippen LogP contribution in [0.1, 0.15) is 20.8 Å². The van der Waals surface area contributed by atoms with Gasteiger partial charge < -0.3 is 9.64 Å². The third kappa shape index (κ3) is 2.99. The van der Waals surface area contributed by atoms with E-state index in [1.54, 1.807) is 12.1 Å². The maximum atomic E-state index is 11.6. The normalized spacial score (nSPS) is 13.6. The number of nitrogens with zero attached hydrogens (tertiary/aromatic N) is 3. The molecule has 7 nitrogen and oxygen atoms in total. The highest BCUT2D eigenvalue weighted by Crippen LogP contribution is 2.33. The number of hydrogen-bond donors (Lipinski definition) is 0. The summed E-state index contributed by atoms with van der Waals surface area (Å²) in [5, 5.41) is 11.6. The molecule has 0 radical (unpaired) electrons. The number of anilines is 1. The molecule has 1 aliphatic heterocycles. The van der Waals surface area contributed by atoms with Crippen molar-refractivity contribution >= 4 is 39.7 Å². The van der Waals surface area contributed by atoms with Gasteiger partial charge in [-0.1, -0.05) is 29.0 Å². The van der Waals surface area contributed by atoms with E-state index in [0.29, 0.717) is 18.2 Å². The number of halogens is 1. The first-order chi connectivity index (χ1) is 11.0. The minimum atomic E-state index is -0.521. The summed E-state index contributed by atoms with van der Waals surface area (Å²) in [6, 6.07) is 4.89. The summed E-state index contributed by atoms with van der Waals surface area (Å²) in [4.78, 5) is 28.5. The predicted octanol–water partition coefficient (Wildman–Crippen LogP) is 3.05. The number of carbonyl (C=O) groups is 1. The lowest BCUT2D eigenvalue weighted by molar-refractivity contribution is -0.384. The number of nitro groups is 1. The van der Waals surface area contributed by atoms with Crippen molar-refractivity contribution in [2.45, 2.75) is 13.0 Å². The SMILES string of the molecule is COC(=O)c1sc(N2CCc3ccc([N+](=O)[O-])cc3C2)nc1Cl. The summed E-state index contributed by atoms with van der Waals surface area (Å²) in [5.74, 6) is -0.521. The van der Waals surface area contributed by atoms with Gasteiger partial charge in [-0.05, 0) is 17.5 Å². The zero-order valence-electron chi connectivity index (χ0n) is 12.1. The fourth-order valence-corrected chi connectivity index (χ4v) is 3.69. The number of fused-ring (bicyclic) bond motifs is 1. The van der Waals surface area contributed by atoms with Gasteiger partial charge in [-0.15, -0.1) is 0 Å². The average molecular weight is 354 g/mol. The van der Waals surface area contributed by atoms with Crippen molar-refractivity contribution in [2.24, 2.45) is 0 Å². The third-order valence-corrected chi connectivity index (χ3v) is 5.11. The summed E-state index contributed by atoms with van der Waals surface area (Å²) >= 11 is 7.15. The van der Waals surface area contributed by atoms with Gasteiger partial charge in [0.15, 0.2) is 15.2 Å². The van der Waals surface area contributed by atoms with E-state index < -0.39 is 10.9 Å². The van der Waals surface area contributed by atoms with Gasteiger partial charge in [0.25, 0.3) is 5.69 Å². The Hall–Kier alpha value is -2.19. The first kappa shape index (κ1) is 15.7. The second-order valence-electron chi connectivity index (χ2n) is 4.99. The van der Waals surface area contributed by atoms with Gasteiger partial charge in [0.05, 0.1) is 12.0 Å².